The lowest BCUT2D eigenvalue weighted by molar-refractivity contribution is 0.0684. The quantitative estimate of drug-likeness (QED) is 0.625. The Labute approximate surface area is 137 Å². The van der Waals surface area contributed by atoms with Crippen molar-refractivity contribution in [1.29, 1.82) is 0 Å². The average molecular weight is 315 g/mol. The van der Waals surface area contributed by atoms with Crippen molar-refractivity contribution in [2.75, 3.05) is 0 Å². The predicted molar refractivity (Wildman–Crippen MR) is 90.8 cm³/mol. The summed E-state index contributed by atoms with van der Waals surface area (Å²) >= 11 is 0. The second-order valence-corrected chi connectivity index (χ2v) is 5.40. The third kappa shape index (κ3) is 2.52. The highest BCUT2D eigenvalue weighted by atomic mass is 16.4. The Morgan fingerprint density at radius 2 is 1.46 bits per heavy atom. The van der Waals surface area contributed by atoms with E-state index in [1.54, 1.807) is 6.20 Å². The smallest absolute Gasteiger partial charge is 0.375 e. The molecule has 4 aromatic rings. The van der Waals surface area contributed by atoms with Gasteiger partial charge in [0.15, 0.2) is 5.65 Å². The number of carboxylic acids is 1. The van der Waals surface area contributed by atoms with Crippen LogP contribution in [0.2, 0.25) is 0 Å². The Bertz CT molecular complexity index is 1020. The van der Waals surface area contributed by atoms with Crippen LogP contribution in [0.15, 0.2) is 72.9 Å². The Hall–Kier alpha value is -3.47. The number of rotatable bonds is 3. The molecule has 0 aliphatic rings. The van der Waals surface area contributed by atoms with Gasteiger partial charge in [0.25, 0.3) is 5.82 Å². The minimum absolute atomic E-state index is 0.202. The third-order valence-corrected chi connectivity index (χ3v) is 3.85. The number of nitrogens with zero attached hydrogens (tertiary/aromatic N) is 3. The fraction of sp³-hybridized carbons (Fsp3) is 0. The van der Waals surface area contributed by atoms with Gasteiger partial charge in [-0.25, -0.2) is 14.3 Å². The lowest BCUT2D eigenvalue weighted by Crippen LogP contribution is -1.99. The zero-order chi connectivity index (χ0) is 16.5. The number of benzene rings is 2. The van der Waals surface area contributed by atoms with Gasteiger partial charge in [-0.2, -0.15) is 0 Å². The highest BCUT2D eigenvalue weighted by Crippen LogP contribution is 2.25. The molecule has 5 nitrogen and oxygen atoms in total. The van der Waals surface area contributed by atoms with E-state index in [9.17, 15) is 4.79 Å². The Morgan fingerprint density at radius 3 is 2.12 bits per heavy atom. The summed E-state index contributed by atoms with van der Waals surface area (Å²) < 4.78 is 1.46. The van der Waals surface area contributed by atoms with Crippen molar-refractivity contribution >= 4 is 11.6 Å². The number of fused-ring (bicyclic) bond motifs is 1. The van der Waals surface area contributed by atoms with E-state index in [4.69, 9.17) is 5.11 Å². The van der Waals surface area contributed by atoms with Crippen LogP contribution in [-0.2, 0) is 0 Å². The summed E-state index contributed by atoms with van der Waals surface area (Å²) in [7, 11) is 0. The molecule has 0 fully saturated rings. The second-order valence-electron chi connectivity index (χ2n) is 5.40. The Kier molecular flexibility index (Phi) is 3.31. The van der Waals surface area contributed by atoms with Gasteiger partial charge < -0.3 is 5.11 Å². The van der Waals surface area contributed by atoms with Crippen LogP contribution in [0.25, 0.3) is 27.9 Å². The van der Waals surface area contributed by atoms with Gasteiger partial charge in [0.2, 0.25) is 0 Å². The fourth-order valence-corrected chi connectivity index (χ4v) is 2.64. The Balaban J connectivity index is 1.70. The number of carbonyl (C=O) groups is 1. The van der Waals surface area contributed by atoms with E-state index < -0.39 is 5.97 Å². The molecule has 0 atom stereocenters. The van der Waals surface area contributed by atoms with Gasteiger partial charge in [0, 0.05) is 6.20 Å². The minimum Gasteiger partial charge on any atom is -0.475 e. The largest absolute Gasteiger partial charge is 0.475 e. The zero-order valence-corrected chi connectivity index (χ0v) is 12.6. The fourth-order valence-electron chi connectivity index (χ4n) is 2.64. The third-order valence-electron chi connectivity index (χ3n) is 3.85. The lowest BCUT2D eigenvalue weighted by Gasteiger charge is -2.05. The monoisotopic (exact) mass is 315 g/mol. The molecule has 1 N–H and O–H groups in total. The maximum Gasteiger partial charge on any atom is 0.375 e. The van der Waals surface area contributed by atoms with Crippen LogP contribution in [0.1, 0.15) is 10.6 Å². The standard InChI is InChI=1S/C19H13N3O2/c23-19(24)18-20-17-12-16(10-11-22(17)21-18)15-8-6-14(7-9-15)13-4-2-1-3-5-13/h1-12H,(H,23,24). The average Bonchev–Trinajstić information content (AvgIpc) is 3.06. The second kappa shape index (κ2) is 5.62. The van der Waals surface area contributed by atoms with E-state index in [0.717, 1.165) is 16.7 Å². The van der Waals surface area contributed by atoms with E-state index in [0.29, 0.717) is 5.65 Å². The molecule has 0 aliphatic heterocycles. The number of carboxylic acid groups (broad SMARTS) is 1. The van der Waals surface area contributed by atoms with Gasteiger partial charge in [0.1, 0.15) is 0 Å². The van der Waals surface area contributed by atoms with Crippen molar-refractivity contribution in [2.24, 2.45) is 0 Å². The SMILES string of the molecule is O=C(O)c1nc2cc(-c3ccc(-c4ccccc4)cc3)ccn2n1. The van der Waals surface area contributed by atoms with Crippen LogP contribution >= 0.6 is 0 Å². The molecule has 0 unspecified atom stereocenters. The van der Waals surface area contributed by atoms with Gasteiger partial charge in [-0.15, -0.1) is 5.10 Å². The van der Waals surface area contributed by atoms with Crippen LogP contribution in [0.4, 0.5) is 0 Å². The van der Waals surface area contributed by atoms with Crippen molar-refractivity contribution in [1.82, 2.24) is 14.6 Å². The molecule has 2 aromatic carbocycles. The summed E-state index contributed by atoms with van der Waals surface area (Å²) in [5, 5.41) is 12.9. The van der Waals surface area contributed by atoms with E-state index >= 15 is 0 Å². The summed E-state index contributed by atoms with van der Waals surface area (Å²) in [6.07, 6.45) is 1.72. The van der Waals surface area contributed by atoms with E-state index in [-0.39, 0.29) is 5.82 Å². The van der Waals surface area contributed by atoms with E-state index in [2.05, 4.69) is 34.3 Å². The van der Waals surface area contributed by atoms with Gasteiger partial charge in [-0.1, -0.05) is 54.6 Å². The first-order chi connectivity index (χ1) is 11.7. The van der Waals surface area contributed by atoms with Crippen LogP contribution in [0.3, 0.4) is 0 Å². The van der Waals surface area contributed by atoms with Crippen LogP contribution in [0.5, 0.6) is 0 Å². The molecule has 0 spiro atoms. The molecule has 0 amide bonds. The highest BCUT2D eigenvalue weighted by molar-refractivity contribution is 5.84. The molecule has 0 radical (unpaired) electrons. The van der Waals surface area contributed by atoms with Gasteiger partial charge in [0.05, 0.1) is 0 Å². The maximum atomic E-state index is 11.0. The molecular weight excluding hydrogens is 302 g/mol. The molecule has 2 aromatic heterocycles. The molecule has 0 aliphatic carbocycles. The van der Waals surface area contributed by atoms with E-state index in [1.165, 1.54) is 10.1 Å². The van der Waals surface area contributed by atoms with Crippen LogP contribution in [0, 0.1) is 0 Å². The van der Waals surface area contributed by atoms with Crippen LogP contribution in [-0.4, -0.2) is 25.7 Å². The number of hydrogen-bond donors (Lipinski definition) is 1. The number of aromatic carboxylic acids is 1. The summed E-state index contributed by atoms with van der Waals surface area (Å²) in [5.74, 6) is -1.33. The van der Waals surface area contributed by atoms with Crippen LogP contribution < -0.4 is 0 Å². The lowest BCUT2D eigenvalue weighted by atomic mass is 10.0. The van der Waals surface area contributed by atoms with Crippen molar-refractivity contribution < 1.29 is 9.90 Å². The Morgan fingerprint density at radius 1 is 0.833 bits per heavy atom. The number of hydrogen-bond acceptors (Lipinski definition) is 3. The summed E-state index contributed by atoms with van der Waals surface area (Å²) in [5.41, 5.74) is 4.83. The summed E-state index contributed by atoms with van der Waals surface area (Å²) in [4.78, 5) is 15.0. The van der Waals surface area contributed by atoms with Crippen molar-refractivity contribution in [3.8, 4) is 22.3 Å². The molecule has 116 valence electrons. The first kappa shape index (κ1) is 14.1. The summed E-state index contributed by atoms with van der Waals surface area (Å²) in [6, 6.07) is 22.1. The molecular formula is C19H13N3O2. The molecule has 0 saturated heterocycles. The number of aromatic nitrogens is 3. The molecule has 2 heterocycles. The molecule has 5 heteroatoms. The highest BCUT2D eigenvalue weighted by Gasteiger charge is 2.11. The normalized spacial score (nSPS) is 10.8. The van der Waals surface area contributed by atoms with Gasteiger partial charge in [-0.05, 0) is 34.4 Å². The molecule has 4 rings (SSSR count). The topological polar surface area (TPSA) is 67.5 Å². The first-order valence-corrected chi connectivity index (χ1v) is 7.46. The first-order valence-electron chi connectivity index (χ1n) is 7.46. The molecule has 0 bridgehead atoms. The number of pyridine rings is 1. The van der Waals surface area contributed by atoms with Crippen molar-refractivity contribution in [3.05, 3.63) is 78.8 Å². The van der Waals surface area contributed by atoms with Gasteiger partial charge in [-0.3, -0.25) is 0 Å². The molecule has 24 heavy (non-hydrogen) atoms. The molecule has 0 saturated carbocycles. The summed E-state index contributed by atoms with van der Waals surface area (Å²) in [6.45, 7) is 0. The van der Waals surface area contributed by atoms with Crippen molar-refractivity contribution in [2.45, 2.75) is 0 Å². The minimum atomic E-state index is -1.13. The zero-order valence-electron chi connectivity index (χ0n) is 12.6. The van der Waals surface area contributed by atoms with E-state index in [1.807, 2.05) is 42.5 Å². The predicted octanol–water partition coefficient (Wildman–Crippen LogP) is 3.76. The van der Waals surface area contributed by atoms with Crippen molar-refractivity contribution in [3.63, 3.8) is 0 Å². The maximum absolute atomic E-state index is 11.0. The van der Waals surface area contributed by atoms with Gasteiger partial charge >= 0.3 is 5.97 Å².